The number of furan rings is 1. The van der Waals surface area contributed by atoms with E-state index in [1.165, 1.54) is 22.5 Å². The molecule has 0 saturated carbocycles. The zero-order chi connectivity index (χ0) is 11.3. The molecule has 0 aromatic carbocycles. The molecule has 1 nitrogen and oxygen atoms in total. The van der Waals surface area contributed by atoms with Crippen LogP contribution in [0.15, 0.2) is 34.5 Å². The first kappa shape index (κ1) is 9.95. The van der Waals surface area contributed by atoms with Gasteiger partial charge in [-0.25, -0.2) is 0 Å². The minimum atomic E-state index is 0.260. The van der Waals surface area contributed by atoms with Crippen LogP contribution in [0.25, 0.3) is 0 Å². The summed E-state index contributed by atoms with van der Waals surface area (Å²) in [6.07, 6.45) is 10.9. The van der Waals surface area contributed by atoms with E-state index in [1.807, 2.05) is 6.26 Å². The summed E-state index contributed by atoms with van der Waals surface area (Å²) in [7, 11) is 0. The van der Waals surface area contributed by atoms with Crippen LogP contribution < -0.4 is 0 Å². The Morgan fingerprint density at radius 3 is 3.00 bits per heavy atom. The summed E-state index contributed by atoms with van der Waals surface area (Å²) in [5, 5.41) is 0. The number of aryl methyl sites for hydroxylation is 1. The predicted molar refractivity (Wildman–Crippen MR) is 65.3 cm³/mol. The van der Waals surface area contributed by atoms with E-state index in [2.05, 4.69) is 39.0 Å². The standard InChI is InChI=1S/C15H18O/c1-10-5-4-6-15(3)8-14-12(7-13(10)15)11(2)9-16-14/h4-6,9,13H,7-8H2,1-3H3/t13-,15+/m0/s1. The second-order valence-corrected chi connectivity index (χ2v) is 5.53. The molecule has 0 unspecified atom stereocenters. The summed E-state index contributed by atoms with van der Waals surface area (Å²) in [5.41, 5.74) is 4.54. The smallest absolute Gasteiger partial charge is 0.108 e. The molecule has 0 amide bonds. The van der Waals surface area contributed by atoms with Crippen molar-refractivity contribution in [3.05, 3.63) is 47.0 Å². The van der Waals surface area contributed by atoms with Crippen molar-refractivity contribution in [2.24, 2.45) is 11.3 Å². The Labute approximate surface area is 96.8 Å². The molecule has 2 aliphatic carbocycles. The minimum absolute atomic E-state index is 0.260. The zero-order valence-electron chi connectivity index (χ0n) is 10.2. The molecule has 3 rings (SSSR count). The van der Waals surface area contributed by atoms with Crippen molar-refractivity contribution in [3.63, 3.8) is 0 Å². The fourth-order valence-electron chi connectivity index (χ4n) is 3.24. The van der Waals surface area contributed by atoms with Crippen molar-refractivity contribution in [2.75, 3.05) is 0 Å². The van der Waals surface area contributed by atoms with Crippen molar-refractivity contribution >= 4 is 0 Å². The average Bonchev–Trinajstić information content (AvgIpc) is 2.57. The SMILES string of the molecule is CC1=CC=C[C@]2(C)Cc3occ(C)c3C[C@@H]12. The average molecular weight is 214 g/mol. The lowest BCUT2D eigenvalue weighted by molar-refractivity contribution is 0.244. The first-order valence-corrected chi connectivity index (χ1v) is 6.02. The quantitative estimate of drug-likeness (QED) is 0.639. The van der Waals surface area contributed by atoms with Crippen LogP contribution in [0.5, 0.6) is 0 Å². The molecule has 1 heterocycles. The lowest BCUT2D eigenvalue weighted by atomic mass is 9.63. The van der Waals surface area contributed by atoms with Gasteiger partial charge in [0.2, 0.25) is 0 Å². The van der Waals surface area contributed by atoms with Crippen molar-refractivity contribution < 1.29 is 4.42 Å². The Bertz CT molecular complexity index is 490. The van der Waals surface area contributed by atoms with Crippen LogP contribution in [0, 0.1) is 18.3 Å². The number of allylic oxidation sites excluding steroid dienone is 4. The third-order valence-corrected chi connectivity index (χ3v) is 4.32. The maximum Gasteiger partial charge on any atom is 0.108 e. The monoisotopic (exact) mass is 214 g/mol. The summed E-state index contributed by atoms with van der Waals surface area (Å²) in [6.45, 7) is 6.76. The molecule has 1 aromatic heterocycles. The molecular formula is C15H18O. The van der Waals surface area contributed by atoms with Gasteiger partial charge in [-0.05, 0) is 42.7 Å². The molecule has 0 saturated heterocycles. The second kappa shape index (κ2) is 3.13. The summed E-state index contributed by atoms with van der Waals surface area (Å²) in [6, 6.07) is 0. The Morgan fingerprint density at radius 2 is 2.19 bits per heavy atom. The predicted octanol–water partition coefficient (Wildman–Crippen LogP) is 3.83. The van der Waals surface area contributed by atoms with Gasteiger partial charge < -0.3 is 4.42 Å². The molecule has 0 radical (unpaired) electrons. The van der Waals surface area contributed by atoms with Crippen LogP contribution in [0.3, 0.4) is 0 Å². The van der Waals surface area contributed by atoms with Gasteiger partial charge in [0, 0.05) is 6.42 Å². The Kier molecular flexibility index (Phi) is 1.95. The molecule has 0 aliphatic heterocycles. The van der Waals surface area contributed by atoms with Gasteiger partial charge in [0.15, 0.2) is 0 Å². The fourth-order valence-corrected chi connectivity index (χ4v) is 3.24. The van der Waals surface area contributed by atoms with Crippen LogP contribution in [-0.2, 0) is 12.8 Å². The van der Waals surface area contributed by atoms with E-state index >= 15 is 0 Å². The maximum absolute atomic E-state index is 5.68. The molecule has 0 N–H and O–H groups in total. The highest BCUT2D eigenvalue weighted by atomic mass is 16.3. The van der Waals surface area contributed by atoms with Gasteiger partial charge in [0.05, 0.1) is 6.26 Å². The first-order valence-electron chi connectivity index (χ1n) is 6.02. The van der Waals surface area contributed by atoms with E-state index in [9.17, 15) is 0 Å². The molecule has 84 valence electrons. The lowest BCUT2D eigenvalue weighted by Crippen LogP contribution is -2.35. The van der Waals surface area contributed by atoms with Gasteiger partial charge in [-0.1, -0.05) is 30.7 Å². The van der Waals surface area contributed by atoms with E-state index < -0.39 is 0 Å². The fraction of sp³-hybridized carbons (Fsp3) is 0.467. The summed E-state index contributed by atoms with van der Waals surface area (Å²) in [4.78, 5) is 0. The van der Waals surface area contributed by atoms with Crippen molar-refractivity contribution in [1.82, 2.24) is 0 Å². The highest BCUT2D eigenvalue weighted by Crippen LogP contribution is 2.47. The van der Waals surface area contributed by atoms with E-state index in [-0.39, 0.29) is 5.41 Å². The Morgan fingerprint density at radius 1 is 1.38 bits per heavy atom. The van der Waals surface area contributed by atoms with Gasteiger partial charge >= 0.3 is 0 Å². The number of hydrogen-bond donors (Lipinski definition) is 0. The topological polar surface area (TPSA) is 13.1 Å². The third-order valence-electron chi connectivity index (χ3n) is 4.32. The molecule has 1 aromatic rings. The molecular weight excluding hydrogens is 196 g/mol. The van der Waals surface area contributed by atoms with Crippen LogP contribution in [0.4, 0.5) is 0 Å². The molecule has 0 bridgehead atoms. The van der Waals surface area contributed by atoms with Gasteiger partial charge in [0.1, 0.15) is 5.76 Å². The van der Waals surface area contributed by atoms with Crippen LogP contribution in [-0.4, -0.2) is 0 Å². The molecule has 0 spiro atoms. The number of rotatable bonds is 0. The summed E-state index contributed by atoms with van der Waals surface area (Å²) in [5.74, 6) is 1.86. The number of fused-ring (bicyclic) bond motifs is 2. The normalized spacial score (nSPS) is 31.9. The molecule has 0 fully saturated rings. The van der Waals surface area contributed by atoms with Gasteiger partial charge in [-0.15, -0.1) is 0 Å². The second-order valence-electron chi connectivity index (χ2n) is 5.53. The molecule has 2 atom stereocenters. The van der Waals surface area contributed by atoms with E-state index in [0.717, 1.165) is 12.8 Å². The first-order chi connectivity index (χ1) is 7.60. The number of hydrogen-bond acceptors (Lipinski definition) is 1. The maximum atomic E-state index is 5.68. The zero-order valence-corrected chi connectivity index (χ0v) is 10.2. The van der Waals surface area contributed by atoms with Crippen LogP contribution in [0.1, 0.15) is 30.7 Å². The summed E-state index contributed by atoms with van der Waals surface area (Å²) >= 11 is 0. The minimum Gasteiger partial charge on any atom is -0.469 e. The third kappa shape index (κ3) is 1.24. The van der Waals surface area contributed by atoms with E-state index in [0.29, 0.717) is 5.92 Å². The molecule has 2 aliphatic rings. The van der Waals surface area contributed by atoms with Gasteiger partial charge in [-0.3, -0.25) is 0 Å². The van der Waals surface area contributed by atoms with Crippen LogP contribution >= 0.6 is 0 Å². The highest BCUT2D eigenvalue weighted by molar-refractivity contribution is 5.38. The van der Waals surface area contributed by atoms with Crippen molar-refractivity contribution in [3.8, 4) is 0 Å². The van der Waals surface area contributed by atoms with E-state index in [1.54, 1.807) is 0 Å². The van der Waals surface area contributed by atoms with Gasteiger partial charge in [0.25, 0.3) is 0 Å². The Hall–Kier alpha value is -1.24. The largest absolute Gasteiger partial charge is 0.469 e. The van der Waals surface area contributed by atoms with Crippen LogP contribution in [0.2, 0.25) is 0 Å². The summed E-state index contributed by atoms with van der Waals surface area (Å²) < 4.78 is 5.68. The van der Waals surface area contributed by atoms with Crippen molar-refractivity contribution in [1.29, 1.82) is 0 Å². The molecule has 16 heavy (non-hydrogen) atoms. The molecule has 1 heteroatoms. The highest BCUT2D eigenvalue weighted by Gasteiger charge is 2.40. The van der Waals surface area contributed by atoms with E-state index in [4.69, 9.17) is 4.42 Å². The van der Waals surface area contributed by atoms with Gasteiger partial charge in [-0.2, -0.15) is 0 Å². The lowest BCUT2D eigenvalue weighted by Gasteiger charge is -2.41. The Balaban J connectivity index is 2.09. The van der Waals surface area contributed by atoms with Crippen molar-refractivity contribution in [2.45, 2.75) is 33.6 Å².